The zero-order valence-corrected chi connectivity index (χ0v) is 12.9. The van der Waals surface area contributed by atoms with Crippen molar-refractivity contribution < 1.29 is 14.5 Å². The lowest BCUT2D eigenvalue weighted by atomic mass is 10.1. The number of amides is 1. The molecule has 1 amide bonds. The summed E-state index contributed by atoms with van der Waals surface area (Å²) in [6, 6.07) is 2.58. The highest BCUT2D eigenvalue weighted by atomic mass is 35.5. The molecule has 0 fully saturated rings. The fraction of sp³-hybridized carbons (Fsp3) is 0.462. The first-order valence-electron chi connectivity index (χ1n) is 6.42. The average molecular weight is 316 g/mol. The minimum Gasteiger partial charge on any atom is -0.381 e. The standard InChI is InChI=1S/C13H18ClN3O4/c1-8(2)21-5-4-16-13(18)9-6-10(14)12(15-3)11(7-9)17(19)20/h6-8,15H,4-5H2,1-3H3,(H,16,18). The topological polar surface area (TPSA) is 93.5 Å². The predicted molar refractivity (Wildman–Crippen MR) is 81.1 cm³/mol. The molecule has 8 heteroatoms. The molecular formula is C13H18ClN3O4. The van der Waals surface area contributed by atoms with Gasteiger partial charge < -0.3 is 15.4 Å². The smallest absolute Gasteiger partial charge is 0.294 e. The summed E-state index contributed by atoms with van der Waals surface area (Å²) in [5, 5.41) is 16.4. The van der Waals surface area contributed by atoms with Crippen LogP contribution in [0, 0.1) is 10.1 Å². The second-order valence-electron chi connectivity index (χ2n) is 4.53. The van der Waals surface area contributed by atoms with Crippen molar-refractivity contribution in [1.29, 1.82) is 0 Å². The number of hydrogen-bond acceptors (Lipinski definition) is 5. The Hall–Kier alpha value is -1.86. The number of halogens is 1. The molecule has 1 rings (SSSR count). The van der Waals surface area contributed by atoms with Crippen molar-refractivity contribution in [2.24, 2.45) is 0 Å². The number of nitrogens with one attached hydrogen (secondary N) is 2. The largest absolute Gasteiger partial charge is 0.381 e. The lowest BCUT2D eigenvalue weighted by Crippen LogP contribution is -2.28. The van der Waals surface area contributed by atoms with Crippen molar-refractivity contribution in [1.82, 2.24) is 5.32 Å². The van der Waals surface area contributed by atoms with Crippen LogP contribution >= 0.6 is 11.6 Å². The van der Waals surface area contributed by atoms with Crippen LogP contribution in [0.1, 0.15) is 24.2 Å². The maximum absolute atomic E-state index is 11.9. The number of benzene rings is 1. The predicted octanol–water partition coefficient (Wildman–Crippen LogP) is 2.44. The van der Waals surface area contributed by atoms with Crippen molar-refractivity contribution in [2.45, 2.75) is 20.0 Å². The summed E-state index contributed by atoms with van der Waals surface area (Å²) in [6.07, 6.45) is 0.0762. The van der Waals surface area contributed by atoms with E-state index in [1.807, 2.05) is 13.8 Å². The van der Waals surface area contributed by atoms with E-state index in [1.54, 1.807) is 0 Å². The van der Waals surface area contributed by atoms with E-state index >= 15 is 0 Å². The van der Waals surface area contributed by atoms with Crippen molar-refractivity contribution in [3.05, 3.63) is 32.8 Å². The molecule has 0 bridgehead atoms. The number of ether oxygens (including phenoxy) is 1. The van der Waals surface area contributed by atoms with Gasteiger partial charge in [0.05, 0.1) is 22.7 Å². The first kappa shape index (κ1) is 17.2. The van der Waals surface area contributed by atoms with Crippen LogP contribution in [0.4, 0.5) is 11.4 Å². The monoisotopic (exact) mass is 315 g/mol. The van der Waals surface area contributed by atoms with Gasteiger partial charge >= 0.3 is 0 Å². The molecule has 0 unspecified atom stereocenters. The molecule has 0 heterocycles. The van der Waals surface area contributed by atoms with Crippen LogP contribution in [0.2, 0.25) is 5.02 Å². The van der Waals surface area contributed by atoms with E-state index in [0.29, 0.717) is 13.2 Å². The van der Waals surface area contributed by atoms with Crippen LogP contribution in [0.25, 0.3) is 0 Å². The van der Waals surface area contributed by atoms with Crippen LogP contribution in [-0.4, -0.2) is 37.1 Å². The zero-order chi connectivity index (χ0) is 16.0. The van der Waals surface area contributed by atoms with Gasteiger partial charge in [-0.05, 0) is 19.9 Å². The van der Waals surface area contributed by atoms with Gasteiger partial charge in [-0.3, -0.25) is 14.9 Å². The van der Waals surface area contributed by atoms with Gasteiger partial charge in [0.2, 0.25) is 0 Å². The molecule has 1 aromatic rings. The van der Waals surface area contributed by atoms with Gasteiger partial charge in [0.25, 0.3) is 11.6 Å². The number of nitrogens with zero attached hydrogens (tertiary/aromatic N) is 1. The Morgan fingerprint density at radius 2 is 2.14 bits per heavy atom. The average Bonchev–Trinajstić information content (AvgIpc) is 2.42. The SMILES string of the molecule is CNc1c(Cl)cc(C(=O)NCCOC(C)C)cc1[N+](=O)[O-]. The van der Waals surface area contributed by atoms with E-state index in [9.17, 15) is 14.9 Å². The third kappa shape index (κ3) is 4.87. The molecule has 0 radical (unpaired) electrons. The Kier molecular flexibility index (Phi) is 6.39. The molecule has 0 saturated heterocycles. The molecule has 21 heavy (non-hydrogen) atoms. The number of carbonyl (C=O) groups excluding carboxylic acids is 1. The van der Waals surface area contributed by atoms with Crippen molar-refractivity contribution in [3.63, 3.8) is 0 Å². The Bertz CT molecular complexity index is 534. The van der Waals surface area contributed by atoms with Crippen LogP contribution < -0.4 is 10.6 Å². The summed E-state index contributed by atoms with van der Waals surface area (Å²) >= 11 is 5.95. The maximum atomic E-state index is 11.9. The summed E-state index contributed by atoms with van der Waals surface area (Å²) in [7, 11) is 1.53. The summed E-state index contributed by atoms with van der Waals surface area (Å²) in [6.45, 7) is 4.47. The van der Waals surface area contributed by atoms with Gasteiger partial charge in [-0.1, -0.05) is 11.6 Å². The zero-order valence-electron chi connectivity index (χ0n) is 12.1. The second-order valence-corrected chi connectivity index (χ2v) is 4.94. The number of rotatable bonds is 7. The highest BCUT2D eigenvalue weighted by Crippen LogP contribution is 2.33. The third-order valence-electron chi connectivity index (χ3n) is 2.62. The van der Waals surface area contributed by atoms with Gasteiger partial charge in [0, 0.05) is 25.2 Å². The van der Waals surface area contributed by atoms with Crippen LogP contribution in [0.15, 0.2) is 12.1 Å². The van der Waals surface area contributed by atoms with Crippen molar-refractivity contribution in [3.8, 4) is 0 Å². The summed E-state index contributed by atoms with van der Waals surface area (Å²) in [4.78, 5) is 22.4. The van der Waals surface area contributed by atoms with Crippen LogP contribution in [0.5, 0.6) is 0 Å². The molecule has 0 aliphatic rings. The fourth-order valence-electron chi connectivity index (χ4n) is 1.68. The lowest BCUT2D eigenvalue weighted by Gasteiger charge is -2.10. The summed E-state index contributed by atoms with van der Waals surface area (Å²) in [5.74, 6) is -0.435. The first-order chi connectivity index (χ1) is 9.86. The Morgan fingerprint density at radius 1 is 1.48 bits per heavy atom. The van der Waals surface area contributed by atoms with E-state index in [1.165, 1.54) is 19.2 Å². The van der Waals surface area contributed by atoms with Crippen LogP contribution in [0.3, 0.4) is 0 Å². The Morgan fingerprint density at radius 3 is 2.67 bits per heavy atom. The maximum Gasteiger partial charge on any atom is 0.294 e. The lowest BCUT2D eigenvalue weighted by molar-refractivity contribution is -0.383. The normalized spacial score (nSPS) is 10.5. The first-order valence-corrected chi connectivity index (χ1v) is 6.80. The summed E-state index contributed by atoms with van der Waals surface area (Å²) in [5.41, 5.74) is 0.0742. The molecule has 0 atom stereocenters. The number of anilines is 1. The Balaban J connectivity index is 2.83. The van der Waals surface area contributed by atoms with Gasteiger partial charge in [-0.25, -0.2) is 0 Å². The molecule has 116 valence electrons. The summed E-state index contributed by atoms with van der Waals surface area (Å²) < 4.78 is 5.29. The molecule has 0 aliphatic carbocycles. The van der Waals surface area contributed by atoms with Crippen molar-refractivity contribution >= 4 is 28.9 Å². The second kappa shape index (κ2) is 7.80. The van der Waals surface area contributed by atoms with E-state index in [2.05, 4.69) is 10.6 Å². The minimum atomic E-state index is -0.587. The van der Waals surface area contributed by atoms with Gasteiger partial charge in [0.1, 0.15) is 5.69 Å². The minimum absolute atomic E-state index is 0.0762. The number of nitro groups is 1. The highest BCUT2D eigenvalue weighted by molar-refractivity contribution is 6.34. The van der Waals surface area contributed by atoms with Gasteiger partial charge in [-0.15, -0.1) is 0 Å². The number of nitro benzene ring substituents is 1. The molecule has 1 aromatic carbocycles. The molecule has 7 nitrogen and oxygen atoms in total. The molecular weight excluding hydrogens is 298 g/mol. The molecule has 2 N–H and O–H groups in total. The van der Waals surface area contributed by atoms with E-state index < -0.39 is 10.8 Å². The van der Waals surface area contributed by atoms with Gasteiger partial charge in [0.15, 0.2) is 0 Å². The number of carbonyl (C=O) groups is 1. The van der Waals surface area contributed by atoms with E-state index in [4.69, 9.17) is 16.3 Å². The van der Waals surface area contributed by atoms with E-state index in [-0.39, 0.29) is 28.1 Å². The molecule has 0 saturated carbocycles. The van der Waals surface area contributed by atoms with Crippen molar-refractivity contribution in [2.75, 3.05) is 25.5 Å². The quantitative estimate of drug-likeness (QED) is 0.458. The van der Waals surface area contributed by atoms with E-state index in [0.717, 1.165) is 0 Å². The third-order valence-corrected chi connectivity index (χ3v) is 2.92. The molecule has 0 aliphatic heterocycles. The molecule has 0 spiro atoms. The fourth-order valence-corrected chi connectivity index (χ4v) is 1.98. The van der Waals surface area contributed by atoms with Gasteiger partial charge in [-0.2, -0.15) is 0 Å². The Labute approximate surface area is 127 Å². The molecule has 0 aromatic heterocycles. The number of hydrogen-bond donors (Lipinski definition) is 2. The highest BCUT2D eigenvalue weighted by Gasteiger charge is 2.20. The van der Waals surface area contributed by atoms with Crippen LogP contribution in [-0.2, 0) is 4.74 Å².